The molecule has 4 rings (SSSR count). The molecule has 3 N–H and O–H groups in total. The third kappa shape index (κ3) is 4.84. The van der Waals surface area contributed by atoms with Crippen LogP contribution in [0.15, 0.2) is 52.1 Å². The van der Waals surface area contributed by atoms with Gasteiger partial charge in [0.25, 0.3) is 0 Å². The van der Waals surface area contributed by atoms with Crippen molar-refractivity contribution in [2.24, 2.45) is 4.99 Å². The maximum atomic E-state index is 12.1. The molecular formula is C23H31N5O2. The molecule has 2 aromatic rings. The van der Waals surface area contributed by atoms with Crippen molar-refractivity contribution < 1.29 is 9.21 Å². The summed E-state index contributed by atoms with van der Waals surface area (Å²) < 4.78 is 5.71. The molecule has 0 bridgehead atoms. The molecule has 1 fully saturated rings. The van der Waals surface area contributed by atoms with Gasteiger partial charge in [0.15, 0.2) is 5.96 Å². The number of anilines is 1. The van der Waals surface area contributed by atoms with Gasteiger partial charge in [0.1, 0.15) is 5.76 Å². The number of likely N-dealkylation sites (tertiary alicyclic amines) is 1. The summed E-state index contributed by atoms with van der Waals surface area (Å²) in [4.78, 5) is 19.4. The van der Waals surface area contributed by atoms with Crippen LogP contribution in [0.25, 0.3) is 0 Å². The first-order valence-electron chi connectivity index (χ1n) is 10.9. The Bertz CT molecular complexity index is 858. The second-order valence-corrected chi connectivity index (χ2v) is 7.91. The van der Waals surface area contributed by atoms with E-state index in [9.17, 15) is 4.79 Å². The van der Waals surface area contributed by atoms with Crippen LogP contribution in [0.1, 0.15) is 49.5 Å². The highest BCUT2D eigenvalue weighted by Gasteiger charge is 2.26. The van der Waals surface area contributed by atoms with Crippen molar-refractivity contribution in [2.45, 2.75) is 38.1 Å². The van der Waals surface area contributed by atoms with E-state index in [1.807, 2.05) is 30.3 Å². The monoisotopic (exact) mass is 409 g/mol. The lowest BCUT2D eigenvalue weighted by Gasteiger charge is -2.27. The number of nitrogens with zero attached hydrogens (tertiary/aromatic N) is 2. The summed E-state index contributed by atoms with van der Waals surface area (Å²) in [6.07, 6.45) is 4.66. The van der Waals surface area contributed by atoms with E-state index in [1.165, 1.54) is 18.4 Å². The maximum absolute atomic E-state index is 12.1. The van der Waals surface area contributed by atoms with Gasteiger partial charge in [-0.05, 0) is 56.6 Å². The second-order valence-electron chi connectivity index (χ2n) is 7.91. The molecule has 7 heteroatoms. The van der Waals surface area contributed by atoms with Gasteiger partial charge in [-0.2, -0.15) is 0 Å². The van der Waals surface area contributed by atoms with Gasteiger partial charge in [-0.15, -0.1) is 0 Å². The molecule has 2 aliphatic rings. The number of aliphatic imine (C=N–C) groups is 1. The Hall–Kier alpha value is -2.80. The minimum absolute atomic E-state index is 0.0642. The third-order valence-electron chi connectivity index (χ3n) is 5.84. The van der Waals surface area contributed by atoms with Crippen molar-refractivity contribution in [2.75, 3.05) is 38.0 Å². The molecule has 1 amide bonds. The van der Waals surface area contributed by atoms with Crippen LogP contribution < -0.4 is 16.0 Å². The fraction of sp³-hybridized carbons (Fsp3) is 0.478. The fourth-order valence-electron chi connectivity index (χ4n) is 4.34. The normalized spacial score (nSPS) is 20.5. The summed E-state index contributed by atoms with van der Waals surface area (Å²) in [6.45, 7) is 6.29. The number of carbonyl (C=O) groups excluding carboxylic acids is 1. The molecule has 7 nitrogen and oxygen atoms in total. The number of hydrogen-bond donors (Lipinski definition) is 3. The number of hydrogen-bond acceptors (Lipinski definition) is 4. The predicted molar refractivity (Wildman–Crippen MR) is 119 cm³/mol. The van der Waals surface area contributed by atoms with Crippen molar-refractivity contribution >= 4 is 17.6 Å². The zero-order chi connectivity index (χ0) is 20.8. The van der Waals surface area contributed by atoms with Crippen LogP contribution in [0, 0.1) is 0 Å². The average Bonchev–Trinajstić information content (AvgIpc) is 3.46. The molecule has 2 unspecified atom stereocenters. The SMILES string of the molecule is CCNC(=NCC(c1ccco1)N1CCCC1)NCC1CC(=O)Nc2ccccc21. The van der Waals surface area contributed by atoms with Crippen molar-refractivity contribution in [3.63, 3.8) is 0 Å². The van der Waals surface area contributed by atoms with Crippen LogP contribution in [0.3, 0.4) is 0 Å². The summed E-state index contributed by atoms with van der Waals surface area (Å²) in [5, 5.41) is 9.75. The van der Waals surface area contributed by atoms with E-state index in [0.717, 1.165) is 37.0 Å². The highest BCUT2D eigenvalue weighted by molar-refractivity contribution is 5.94. The van der Waals surface area contributed by atoms with E-state index < -0.39 is 0 Å². The highest BCUT2D eigenvalue weighted by Crippen LogP contribution is 2.31. The fourth-order valence-corrected chi connectivity index (χ4v) is 4.34. The molecular weight excluding hydrogens is 378 g/mol. The Balaban J connectivity index is 1.44. The number of furan rings is 1. The van der Waals surface area contributed by atoms with E-state index in [4.69, 9.17) is 9.41 Å². The van der Waals surface area contributed by atoms with Gasteiger partial charge in [0, 0.05) is 31.1 Å². The zero-order valence-electron chi connectivity index (χ0n) is 17.6. The van der Waals surface area contributed by atoms with Gasteiger partial charge in [-0.1, -0.05) is 18.2 Å². The van der Waals surface area contributed by atoms with Crippen LogP contribution in [-0.2, 0) is 4.79 Å². The Labute approximate surface area is 177 Å². The van der Waals surface area contributed by atoms with E-state index in [1.54, 1.807) is 6.26 Å². The summed E-state index contributed by atoms with van der Waals surface area (Å²) in [6, 6.07) is 12.2. The molecule has 1 aromatic carbocycles. The Morgan fingerprint density at radius 3 is 2.83 bits per heavy atom. The number of amides is 1. The lowest BCUT2D eigenvalue weighted by Crippen LogP contribution is -2.41. The summed E-state index contributed by atoms with van der Waals surface area (Å²) in [5.74, 6) is 1.93. The number of nitrogens with one attached hydrogen (secondary N) is 3. The van der Waals surface area contributed by atoms with E-state index in [0.29, 0.717) is 19.5 Å². The van der Waals surface area contributed by atoms with Crippen molar-refractivity contribution in [1.82, 2.24) is 15.5 Å². The standard InChI is InChI=1S/C23H31N5O2/c1-2-24-23(25-15-17-14-22(29)27-19-9-4-3-8-18(17)19)26-16-20(21-10-7-13-30-21)28-11-5-6-12-28/h3-4,7-10,13,17,20H,2,5-6,11-12,14-16H2,1H3,(H,27,29)(H2,24,25,26). The van der Waals surface area contributed by atoms with Gasteiger partial charge in [0.2, 0.25) is 5.91 Å². The van der Waals surface area contributed by atoms with Gasteiger partial charge in [0.05, 0.1) is 18.8 Å². The summed E-state index contributed by atoms with van der Waals surface area (Å²) in [5.41, 5.74) is 2.08. The van der Waals surface area contributed by atoms with Crippen LogP contribution in [0.2, 0.25) is 0 Å². The largest absolute Gasteiger partial charge is 0.468 e. The summed E-state index contributed by atoms with van der Waals surface area (Å²) >= 11 is 0. The smallest absolute Gasteiger partial charge is 0.225 e. The topological polar surface area (TPSA) is 81.9 Å². The van der Waals surface area contributed by atoms with Crippen molar-refractivity contribution in [3.8, 4) is 0 Å². The maximum Gasteiger partial charge on any atom is 0.225 e. The van der Waals surface area contributed by atoms with Crippen molar-refractivity contribution in [3.05, 3.63) is 54.0 Å². The van der Waals surface area contributed by atoms with Crippen LogP contribution in [0.5, 0.6) is 0 Å². The molecule has 160 valence electrons. The number of fused-ring (bicyclic) bond motifs is 1. The molecule has 30 heavy (non-hydrogen) atoms. The zero-order valence-corrected chi connectivity index (χ0v) is 17.6. The Kier molecular flexibility index (Phi) is 6.69. The predicted octanol–water partition coefficient (Wildman–Crippen LogP) is 3.10. The number of carbonyl (C=O) groups is 1. The Morgan fingerprint density at radius 2 is 2.07 bits per heavy atom. The molecule has 0 radical (unpaired) electrons. The highest BCUT2D eigenvalue weighted by atomic mass is 16.3. The minimum atomic E-state index is 0.0642. The van der Waals surface area contributed by atoms with Gasteiger partial charge >= 0.3 is 0 Å². The quantitative estimate of drug-likeness (QED) is 0.484. The van der Waals surface area contributed by atoms with E-state index >= 15 is 0 Å². The van der Waals surface area contributed by atoms with Crippen LogP contribution in [0.4, 0.5) is 5.69 Å². The Morgan fingerprint density at radius 1 is 1.23 bits per heavy atom. The number of rotatable bonds is 7. The molecule has 3 heterocycles. The summed E-state index contributed by atoms with van der Waals surface area (Å²) in [7, 11) is 0. The molecule has 0 aliphatic carbocycles. The number of guanidine groups is 1. The first kappa shape index (κ1) is 20.5. The van der Waals surface area contributed by atoms with Crippen molar-refractivity contribution in [1.29, 1.82) is 0 Å². The molecule has 2 aliphatic heterocycles. The van der Waals surface area contributed by atoms with Crippen LogP contribution >= 0.6 is 0 Å². The second kappa shape index (κ2) is 9.80. The van der Waals surface area contributed by atoms with Crippen LogP contribution in [-0.4, -0.2) is 49.5 Å². The van der Waals surface area contributed by atoms with Gasteiger partial charge in [-0.3, -0.25) is 14.7 Å². The average molecular weight is 410 g/mol. The number of para-hydroxylation sites is 1. The van der Waals surface area contributed by atoms with E-state index in [-0.39, 0.29) is 17.9 Å². The first-order valence-corrected chi connectivity index (χ1v) is 10.9. The first-order chi connectivity index (χ1) is 14.7. The molecule has 2 atom stereocenters. The molecule has 0 spiro atoms. The molecule has 1 aromatic heterocycles. The minimum Gasteiger partial charge on any atom is -0.468 e. The lowest BCUT2D eigenvalue weighted by molar-refractivity contribution is -0.116. The van der Waals surface area contributed by atoms with E-state index in [2.05, 4.69) is 33.8 Å². The molecule has 1 saturated heterocycles. The van der Waals surface area contributed by atoms with Gasteiger partial charge in [-0.25, -0.2) is 0 Å². The lowest BCUT2D eigenvalue weighted by atomic mass is 9.90. The van der Waals surface area contributed by atoms with Gasteiger partial charge < -0.3 is 20.4 Å². The number of benzene rings is 1. The third-order valence-corrected chi connectivity index (χ3v) is 5.84. The molecule has 0 saturated carbocycles.